The summed E-state index contributed by atoms with van der Waals surface area (Å²) in [6, 6.07) is 10.1. The zero-order valence-electron chi connectivity index (χ0n) is 13.7. The molecule has 126 valence electrons. The summed E-state index contributed by atoms with van der Waals surface area (Å²) in [5, 5.41) is 10.0. The van der Waals surface area contributed by atoms with Gasteiger partial charge in [-0.15, -0.1) is 0 Å². The van der Waals surface area contributed by atoms with E-state index in [0.717, 1.165) is 10.9 Å². The Labute approximate surface area is 147 Å². The van der Waals surface area contributed by atoms with Crippen LogP contribution < -0.4 is 4.74 Å². The molecule has 0 unspecified atom stereocenters. The van der Waals surface area contributed by atoms with Crippen molar-refractivity contribution in [2.24, 2.45) is 0 Å². The number of aromatic nitrogens is 4. The molecule has 0 aliphatic rings. The predicted octanol–water partition coefficient (Wildman–Crippen LogP) is 4.13. The molecular formula is C19H12FN5O. The summed E-state index contributed by atoms with van der Waals surface area (Å²) in [5.74, 6) is 0.159. The van der Waals surface area contributed by atoms with Gasteiger partial charge < -0.3 is 9.72 Å². The molecule has 0 aliphatic heterocycles. The number of nitrogens with zero attached hydrogens (tertiary/aromatic N) is 4. The molecule has 0 fully saturated rings. The average molecular weight is 345 g/mol. The van der Waals surface area contributed by atoms with Crippen molar-refractivity contribution in [2.45, 2.75) is 6.92 Å². The number of aromatic amines is 1. The Hall–Kier alpha value is -3.79. The summed E-state index contributed by atoms with van der Waals surface area (Å²) in [7, 11) is 0. The quantitative estimate of drug-likeness (QED) is 0.603. The third-order valence-corrected chi connectivity index (χ3v) is 4.01. The number of aryl methyl sites for hydroxylation is 1. The van der Waals surface area contributed by atoms with Gasteiger partial charge in [0.2, 0.25) is 5.88 Å². The maximum atomic E-state index is 14.7. The van der Waals surface area contributed by atoms with E-state index >= 15 is 0 Å². The first-order valence-corrected chi connectivity index (χ1v) is 7.79. The summed E-state index contributed by atoms with van der Waals surface area (Å²) in [5.41, 5.74) is 2.17. The number of benzene rings is 1. The van der Waals surface area contributed by atoms with E-state index < -0.39 is 5.82 Å². The van der Waals surface area contributed by atoms with Crippen LogP contribution in [0.3, 0.4) is 0 Å². The molecule has 26 heavy (non-hydrogen) atoms. The Morgan fingerprint density at radius 1 is 1.15 bits per heavy atom. The van der Waals surface area contributed by atoms with Crippen molar-refractivity contribution in [3.05, 3.63) is 66.3 Å². The predicted molar refractivity (Wildman–Crippen MR) is 93.0 cm³/mol. The fourth-order valence-corrected chi connectivity index (χ4v) is 2.79. The molecular weight excluding hydrogens is 333 g/mol. The van der Waals surface area contributed by atoms with Crippen LogP contribution in [-0.2, 0) is 0 Å². The van der Waals surface area contributed by atoms with Crippen LogP contribution in [0.15, 0.2) is 49.1 Å². The maximum absolute atomic E-state index is 14.7. The molecule has 6 nitrogen and oxygen atoms in total. The van der Waals surface area contributed by atoms with Gasteiger partial charge in [-0.05, 0) is 31.2 Å². The molecule has 1 aromatic carbocycles. The van der Waals surface area contributed by atoms with E-state index in [1.165, 1.54) is 12.4 Å². The lowest BCUT2D eigenvalue weighted by Crippen LogP contribution is -1.98. The number of nitriles is 1. The third-order valence-electron chi connectivity index (χ3n) is 4.01. The first-order chi connectivity index (χ1) is 12.7. The highest BCUT2D eigenvalue weighted by Crippen LogP contribution is 2.32. The Morgan fingerprint density at radius 2 is 2.04 bits per heavy atom. The van der Waals surface area contributed by atoms with Crippen LogP contribution in [0.5, 0.6) is 11.6 Å². The highest BCUT2D eigenvalue weighted by Gasteiger charge is 2.16. The fourth-order valence-electron chi connectivity index (χ4n) is 2.79. The fraction of sp³-hybridized carbons (Fsp3) is 0.0526. The average Bonchev–Trinajstić information content (AvgIpc) is 3.12. The highest BCUT2D eigenvalue weighted by molar-refractivity contribution is 5.84. The van der Waals surface area contributed by atoms with E-state index in [9.17, 15) is 9.65 Å². The van der Waals surface area contributed by atoms with Crippen molar-refractivity contribution >= 4 is 10.9 Å². The normalized spacial score (nSPS) is 10.7. The van der Waals surface area contributed by atoms with Crippen LogP contribution in [0.2, 0.25) is 0 Å². The molecule has 4 rings (SSSR count). The lowest BCUT2D eigenvalue weighted by atomic mass is 10.0. The van der Waals surface area contributed by atoms with E-state index in [0.29, 0.717) is 22.9 Å². The summed E-state index contributed by atoms with van der Waals surface area (Å²) in [6.07, 6.45) is 4.68. The Balaban J connectivity index is 1.74. The number of hydrogen-bond donors (Lipinski definition) is 1. The minimum Gasteiger partial charge on any atom is -0.438 e. The molecule has 3 heterocycles. The number of pyridine rings is 1. The van der Waals surface area contributed by atoms with E-state index in [1.54, 1.807) is 31.5 Å². The van der Waals surface area contributed by atoms with E-state index in [1.807, 2.05) is 18.2 Å². The minimum absolute atomic E-state index is 0.129. The number of rotatable bonds is 3. The van der Waals surface area contributed by atoms with Gasteiger partial charge in [-0.1, -0.05) is 0 Å². The van der Waals surface area contributed by atoms with Crippen LogP contribution in [0.4, 0.5) is 4.39 Å². The summed E-state index contributed by atoms with van der Waals surface area (Å²) < 4.78 is 20.5. The molecule has 0 bridgehead atoms. The molecule has 0 spiro atoms. The number of fused-ring (bicyclic) bond motifs is 1. The zero-order valence-corrected chi connectivity index (χ0v) is 13.7. The largest absolute Gasteiger partial charge is 0.438 e. The molecule has 0 atom stereocenters. The van der Waals surface area contributed by atoms with Crippen molar-refractivity contribution < 1.29 is 9.13 Å². The molecule has 7 heteroatoms. The Kier molecular flexibility index (Phi) is 3.78. The van der Waals surface area contributed by atoms with Crippen molar-refractivity contribution in [1.82, 2.24) is 19.9 Å². The zero-order chi connectivity index (χ0) is 18.1. The SMILES string of the molecule is Cc1ncnc(C#N)c1-c1ccc(Oc2nccc3[nH]ccc23)cc1F. The molecule has 3 aromatic heterocycles. The van der Waals surface area contributed by atoms with Gasteiger partial charge >= 0.3 is 0 Å². The van der Waals surface area contributed by atoms with Crippen LogP contribution in [-0.4, -0.2) is 19.9 Å². The van der Waals surface area contributed by atoms with Crippen molar-refractivity contribution in [1.29, 1.82) is 5.26 Å². The molecule has 0 amide bonds. The Morgan fingerprint density at radius 3 is 2.85 bits per heavy atom. The topological polar surface area (TPSA) is 87.5 Å². The van der Waals surface area contributed by atoms with Gasteiger partial charge in [-0.3, -0.25) is 0 Å². The van der Waals surface area contributed by atoms with Gasteiger partial charge in [-0.2, -0.15) is 5.26 Å². The standard InChI is InChI=1S/C19H12FN5O/c1-11-18(17(9-21)25-10-24-11)13-3-2-12(8-15(13)20)26-19-14-4-6-22-16(14)5-7-23-19/h2-8,10,22H,1H3. The monoisotopic (exact) mass is 345 g/mol. The molecule has 0 saturated heterocycles. The smallest absolute Gasteiger partial charge is 0.228 e. The van der Waals surface area contributed by atoms with Gasteiger partial charge in [0.25, 0.3) is 0 Å². The van der Waals surface area contributed by atoms with Crippen LogP contribution in [0, 0.1) is 24.1 Å². The molecule has 0 aliphatic carbocycles. The van der Waals surface area contributed by atoms with Crippen LogP contribution >= 0.6 is 0 Å². The second-order valence-electron chi connectivity index (χ2n) is 5.59. The van der Waals surface area contributed by atoms with E-state index in [2.05, 4.69) is 19.9 Å². The third kappa shape index (κ3) is 2.63. The number of ether oxygens (including phenoxy) is 1. The van der Waals surface area contributed by atoms with Crippen molar-refractivity contribution in [3.8, 4) is 28.8 Å². The number of hydrogen-bond acceptors (Lipinski definition) is 5. The minimum atomic E-state index is -0.529. The summed E-state index contributed by atoms with van der Waals surface area (Å²) in [4.78, 5) is 15.2. The highest BCUT2D eigenvalue weighted by atomic mass is 19.1. The van der Waals surface area contributed by atoms with E-state index in [4.69, 9.17) is 4.74 Å². The first-order valence-electron chi connectivity index (χ1n) is 7.79. The first kappa shape index (κ1) is 15.7. The maximum Gasteiger partial charge on any atom is 0.228 e. The van der Waals surface area contributed by atoms with Gasteiger partial charge in [0.1, 0.15) is 24.0 Å². The van der Waals surface area contributed by atoms with Crippen molar-refractivity contribution in [3.63, 3.8) is 0 Å². The molecule has 1 N–H and O–H groups in total. The summed E-state index contributed by atoms with van der Waals surface area (Å²) in [6.45, 7) is 1.71. The summed E-state index contributed by atoms with van der Waals surface area (Å²) >= 11 is 0. The second-order valence-corrected chi connectivity index (χ2v) is 5.59. The van der Waals surface area contributed by atoms with Gasteiger partial charge in [0.05, 0.1) is 10.9 Å². The lowest BCUT2D eigenvalue weighted by molar-refractivity contribution is 0.464. The number of nitrogens with one attached hydrogen (secondary N) is 1. The second kappa shape index (κ2) is 6.26. The molecule has 0 saturated carbocycles. The van der Waals surface area contributed by atoms with Gasteiger partial charge in [0.15, 0.2) is 5.69 Å². The van der Waals surface area contributed by atoms with Crippen LogP contribution in [0.1, 0.15) is 11.4 Å². The molecule has 0 radical (unpaired) electrons. The van der Waals surface area contributed by atoms with Crippen molar-refractivity contribution in [2.75, 3.05) is 0 Å². The number of halogens is 1. The van der Waals surface area contributed by atoms with E-state index in [-0.39, 0.29) is 11.3 Å². The lowest BCUT2D eigenvalue weighted by Gasteiger charge is -2.10. The van der Waals surface area contributed by atoms with Crippen LogP contribution in [0.25, 0.3) is 22.0 Å². The van der Waals surface area contributed by atoms with Gasteiger partial charge in [0, 0.05) is 35.3 Å². The molecule has 4 aromatic rings. The Bertz CT molecular complexity index is 1160. The number of H-pyrrole nitrogens is 1. The van der Waals surface area contributed by atoms with Gasteiger partial charge in [-0.25, -0.2) is 19.3 Å².